The van der Waals surface area contributed by atoms with Crippen LogP contribution >= 0.6 is 15.9 Å². The molecule has 0 aromatic heterocycles. The molecule has 0 aliphatic heterocycles. The van der Waals surface area contributed by atoms with E-state index in [0.29, 0.717) is 6.42 Å². The minimum atomic E-state index is 0.306. The van der Waals surface area contributed by atoms with Crippen molar-refractivity contribution in [1.29, 1.82) is 0 Å². The van der Waals surface area contributed by atoms with E-state index in [0.717, 1.165) is 17.2 Å². The molecule has 0 N–H and O–H groups in total. The van der Waals surface area contributed by atoms with Gasteiger partial charge in [-0.25, -0.2) is 0 Å². The van der Waals surface area contributed by atoms with Gasteiger partial charge in [0.15, 0.2) is 0 Å². The number of hydrogen-bond acceptors (Lipinski definition) is 1. The van der Waals surface area contributed by atoms with Crippen LogP contribution in [0.2, 0.25) is 0 Å². The molecular formula is C11H9BrO. The van der Waals surface area contributed by atoms with Crippen LogP contribution in [0.25, 0.3) is 0 Å². The summed E-state index contributed by atoms with van der Waals surface area (Å²) in [6, 6.07) is 7.93. The summed E-state index contributed by atoms with van der Waals surface area (Å²) in [4.78, 5) is 9.99. The molecule has 0 bridgehead atoms. The summed E-state index contributed by atoms with van der Waals surface area (Å²) in [6.07, 6.45) is 1.11. The lowest BCUT2D eigenvalue weighted by Crippen LogP contribution is -1.78. The minimum Gasteiger partial charge on any atom is -0.302 e. The molecule has 0 atom stereocenters. The summed E-state index contributed by atoms with van der Waals surface area (Å²) in [7, 11) is 0. The summed E-state index contributed by atoms with van der Waals surface area (Å²) in [5.74, 6) is 5.66. The van der Waals surface area contributed by atoms with E-state index >= 15 is 0 Å². The fraction of sp³-hybridized carbons (Fsp3) is 0.182. The van der Waals surface area contributed by atoms with Crippen molar-refractivity contribution in [2.24, 2.45) is 0 Å². The molecule has 1 nitrogen and oxygen atoms in total. The van der Waals surface area contributed by atoms with Crippen LogP contribution in [0.3, 0.4) is 0 Å². The lowest BCUT2D eigenvalue weighted by atomic mass is 10.1. The molecule has 66 valence electrons. The predicted octanol–water partition coefficient (Wildman–Crippen LogP) is 2.52. The van der Waals surface area contributed by atoms with Crippen LogP contribution < -0.4 is 0 Å². The van der Waals surface area contributed by atoms with Crippen LogP contribution in [-0.2, 0) is 10.1 Å². The van der Waals surface area contributed by atoms with Crippen molar-refractivity contribution in [3.05, 3.63) is 35.4 Å². The number of aldehydes is 1. The first-order chi connectivity index (χ1) is 6.36. The number of benzene rings is 1. The SMILES string of the molecule is O=CCC#Cc1ccc(CBr)cc1. The van der Waals surface area contributed by atoms with Gasteiger partial charge in [0, 0.05) is 10.9 Å². The highest BCUT2D eigenvalue weighted by molar-refractivity contribution is 9.08. The van der Waals surface area contributed by atoms with Crippen molar-refractivity contribution in [3.63, 3.8) is 0 Å². The summed E-state index contributed by atoms with van der Waals surface area (Å²) in [5.41, 5.74) is 2.17. The average molecular weight is 237 g/mol. The Kier molecular flexibility index (Phi) is 4.28. The molecule has 2 heteroatoms. The van der Waals surface area contributed by atoms with E-state index < -0.39 is 0 Å². The maximum Gasteiger partial charge on any atom is 0.131 e. The first-order valence-corrected chi connectivity index (χ1v) is 5.06. The minimum absolute atomic E-state index is 0.306. The number of carbonyl (C=O) groups excluding carboxylic acids is 1. The molecule has 0 spiro atoms. The van der Waals surface area contributed by atoms with Gasteiger partial charge < -0.3 is 4.79 Å². The van der Waals surface area contributed by atoms with Crippen molar-refractivity contribution < 1.29 is 4.79 Å². The van der Waals surface area contributed by atoms with Gasteiger partial charge in [-0.05, 0) is 17.7 Å². The zero-order valence-corrected chi connectivity index (χ0v) is 8.67. The summed E-state index contributed by atoms with van der Waals surface area (Å²) in [6.45, 7) is 0. The number of alkyl halides is 1. The Morgan fingerprint density at radius 1 is 1.31 bits per heavy atom. The van der Waals surface area contributed by atoms with Crippen molar-refractivity contribution in [2.45, 2.75) is 11.8 Å². The van der Waals surface area contributed by atoms with Crippen LogP contribution in [0.5, 0.6) is 0 Å². The van der Waals surface area contributed by atoms with Gasteiger partial charge in [-0.3, -0.25) is 0 Å². The molecule has 0 radical (unpaired) electrons. The van der Waals surface area contributed by atoms with E-state index in [1.807, 2.05) is 24.3 Å². The molecular weight excluding hydrogens is 228 g/mol. The molecule has 1 rings (SSSR count). The second kappa shape index (κ2) is 5.55. The number of rotatable bonds is 2. The van der Waals surface area contributed by atoms with E-state index in [4.69, 9.17) is 0 Å². The number of hydrogen-bond donors (Lipinski definition) is 0. The molecule has 1 aromatic carbocycles. The third-order valence-electron chi connectivity index (χ3n) is 1.53. The number of carbonyl (C=O) groups is 1. The molecule has 0 fully saturated rings. The van der Waals surface area contributed by atoms with Crippen LogP contribution in [0.15, 0.2) is 24.3 Å². The Bertz CT molecular complexity index is 329. The van der Waals surface area contributed by atoms with Crippen LogP contribution in [0.1, 0.15) is 17.5 Å². The van der Waals surface area contributed by atoms with Gasteiger partial charge in [0.05, 0.1) is 6.42 Å². The maximum atomic E-state index is 9.99. The third-order valence-corrected chi connectivity index (χ3v) is 2.17. The summed E-state index contributed by atoms with van der Waals surface area (Å²) >= 11 is 3.36. The van der Waals surface area contributed by atoms with E-state index in [1.54, 1.807) is 0 Å². The highest BCUT2D eigenvalue weighted by atomic mass is 79.9. The molecule has 0 saturated heterocycles. The van der Waals surface area contributed by atoms with Gasteiger partial charge >= 0.3 is 0 Å². The first kappa shape index (κ1) is 10.0. The highest BCUT2D eigenvalue weighted by Crippen LogP contribution is 2.06. The first-order valence-electron chi connectivity index (χ1n) is 3.94. The highest BCUT2D eigenvalue weighted by Gasteiger charge is 1.88. The number of halogens is 1. The van der Waals surface area contributed by atoms with Crippen LogP contribution in [0.4, 0.5) is 0 Å². The third kappa shape index (κ3) is 3.43. The zero-order valence-electron chi connectivity index (χ0n) is 7.09. The topological polar surface area (TPSA) is 17.1 Å². The zero-order chi connectivity index (χ0) is 9.52. The monoisotopic (exact) mass is 236 g/mol. The Morgan fingerprint density at radius 3 is 2.54 bits per heavy atom. The molecule has 1 aromatic rings. The second-order valence-electron chi connectivity index (χ2n) is 2.50. The van der Waals surface area contributed by atoms with Crippen molar-refractivity contribution in [2.75, 3.05) is 0 Å². The maximum absolute atomic E-state index is 9.99. The molecule has 13 heavy (non-hydrogen) atoms. The van der Waals surface area contributed by atoms with E-state index in [9.17, 15) is 4.79 Å². The molecule has 0 saturated carbocycles. The van der Waals surface area contributed by atoms with Gasteiger partial charge in [0.2, 0.25) is 0 Å². The second-order valence-corrected chi connectivity index (χ2v) is 3.06. The average Bonchev–Trinajstić information content (AvgIpc) is 2.19. The molecule has 0 amide bonds. The van der Waals surface area contributed by atoms with E-state index in [1.165, 1.54) is 5.56 Å². The fourth-order valence-corrected chi connectivity index (χ4v) is 1.25. The Hall–Kier alpha value is -1.07. The predicted molar refractivity (Wildman–Crippen MR) is 56.6 cm³/mol. The smallest absolute Gasteiger partial charge is 0.131 e. The van der Waals surface area contributed by atoms with Gasteiger partial charge in [-0.15, -0.1) is 0 Å². The standard InChI is InChI=1S/C11H9BrO/c12-9-11-6-4-10(5-7-11)3-1-2-8-13/h4-8H,2,9H2. The van der Waals surface area contributed by atoms with Gasteiger partial charge in [0.25, 0.3) is 0 Å². The van der Waals surface area contributed by atoms with Crippen LogP contribution in [-0.4, -0.2) is 6.29 Å². The van der Waals surface area contributed by atoms with Gasteiger partial charge in [-0.2, -0.15) is 0 Å². The van der Waals surface area contributed by atoms with Crippen molar-refractivity contribution in [1.82, 2.24) is 0 Å². The van der Waals surface area contributed by atoms with E-state index in [-0.39, 0.29) is 0 Å². The Labute approximate surface area is 86.3 Å². The molecule has 0 aliphatic carbocycles. The van der Waals surface area contributed by atoms with E-state index in [2.05, 4.69) is 27.8 Å². The van der Waals surface area contributed by atoms with Gasteiger partial charge in [-0.1, -0.05) is 39.9 Å². The van der Waals surface area contributed by atoms with Crippen LogP contribution in [0, 0.1) is 11.8 Å². The lowest BCUT2D eigenvalue weighted by Gasteiger charge is -1.93. The summed E-state index contributed by atoms with van der Waals surface area (Å²) in [5, 5.41) is 0.856. The Morgan fingerprint density at radius 2 is 2.00 bits per heavy atom. The molecule has 0 aliphatic rings. The molecule has 0 heterocycles. The largest absolute Gasteiger partial charge is 0.302 e. The van der Waals surface area contributed by atoms with Crippen molar-refractivity contribution >= 4 is 22.2 Å². The summed E-state index contributed by atoms with van der Waals surface area (Å²) < 4.78 is 0. The van der Waals surface area contributed by atoms with Crippen molar-refractivity contribution in [3.8, 4) is 11.8 Å². The lowest BCUT2D eigenvalue weighted by molar-refractivity contribution is -0.107. The normalized spacial score (nSPS) is 8.69. The fourth-order valence-electron chi connectivity index (χ4n) is 0.872. The quantitative estimate of drug-likeness (QED) is 0.439. The van der Waals surface area contributed by atoms with Gasteiger partial charge in [0.1, 0.15) is 6.29 Å². The Balaban J connectivity index is 2.70. The molecule has 0 unspecified atom stereocenters.